The number of rotatable bonds is 6. The van der Waals surface area contributed by atoms with Crippen LogP contribution in [-0.4, -0.2) is 79.7 Å². The van der Waals surface area contributed by atoms with Crippen LogP contribution in [0.15, 0.2) is 48.7 Å². The molecular formula is C41H47N7O6. The molecule has 13 heteroatoms. The van der Waals surface area contributed by atoms with Gasteiger partial charge in [-0.25, -0.2) is 19.6 Å². The topological polar surface area (TPSA) is 155 Å². The molecule has 0 spiro atoms. The number of benzene rings is 3. The van der Waals surface area contributed by atoms with E-state index < -0.39 is 17.7 Å². The molecule has 0 bridgehead atoms. The number of fused-ring (bicyclic) bond motifs is 7. The van der Waals surface area contributed by atoms with E-state index in [9.17, 15) is 14.4 Å². The van der Waals surface area contributed by atoms with Crippen LogP contribution in [0.4, 0.5) is 9.59 Å². The van der Waals surface area contributed by atoms with E-state index in [0.717, 1.165) is 92.8 Å². The Hall–Kier alpha value is -5.59. The Labute approximate surface area is 313 Å². The van der Waals surface area contributed by atoms with E-state index in [2.05, 4.69) is 51.7 Å². The number of methoxy groups -OCH3 is 1. The second-order valence-electron chi connectivity index (χ2n) is 15.8. The number of carbonyl (C=O) groups is 3. The van der Waals surface area contributed by atoms with E-state index in [1.54, 1.807) is 4.90 Å². The molecule has 0 saturated carbocycles. The average Bonchev–Trinajstić information content (AvgIpc) is 3.97. The summed E-state index contributed by atoms with van der Waals surface area (Å²) in [5, 5.41) is 4.66. The third-order valence-electron chi connectivity index (χ3n) is 10.7. The Kier molecular flexibility index (Phi) is 8.98. The van der Waals surface area contributed by atoms with Crippen LogP contribution in [0.5, 0.6) is 5.75 Å². The van der Waals surface area contributed by atoms with Gasteiger partial charge in [0.2, 0.25) is 5.91 Å². The molecule has 3 aliphatic rings. The van der Waals surface area contributed by atoms with Crippen molar-refractivity contribution in [2.24, 2.45) is 5.92 Å². The Morgan fingerprint density at radius 3 is 2.39 bits per heavy atom. The number of nitrogens with one attached hydrogen (secondary N) is 3. The molecule has 2 fully saturated rings. The summed E-state index contributed by atoms with van der Waals surface area (Å²) in [6.07, 6.45) is 4.24. The second-order valence-corrected chi connectivity index (χ2v) is 15.8. The number of H-pyrrole nitrogens is 2. The van der Waals surface area contributed by atoms with Gasteiger partial charge in [-0.15, -0.1) is 0 Å². The van der Waals surface area contributed by atoms with Gasteiger partial charge in [-0.05, 0) is 93.3 Å². The third-order valence-corrected chi connectivity index (χ3v) is 10.7. The highest BCUT2D eigenvalue weighted by Crippen LogP contribution is 2.45. The van der Waals surface area contributed by atoms with Crippen molar-refractivity contribution >= 4 is 39.9 Å². The Bertz CT molecular complexity index is 2270. The number of likely N-dealkylation sites (tertiary alicyclic amines) is 2. The average molecular weight is 734 g/mol. The molecule has 54 heavy (non-hydrogen) atoms. The summed E-state index contributed by atoms with van der Waals surface area (Å²) in [6, 6.07) is 13.6. The summed E-state index contributed by atoms with van der Waals surface area (Å²) in [7, 11) is 1.30. The first kappa shape index (κ1) is 35.4. The fourth-order valence-electron chi connectivity index (χ4n) is 8.12. The molecule has 3 N–H and O–H groups in total. The number of carbonyl (C=O) groups excluding carboxylic acids is 3. The molecule has 13 nitrogen and oxygen atoms in total. The molecule has 0 aliphatic carbocycles. The first-order valence-electron chi connectivity index (χ1n) is 18.8. The van der Waals surface area contributed by atoms with Crippen molar-refractivity contribution in [2.45, 2.75) is 90.6 Å². The Morgan fingerprint density at radius 1 is 0.926 bits per heavy atom. The summed E-state index contributed by atoms with van der Waals surface area (Å²) in [6.45, 7) is 11.1. The van der Waals surface area contributed by atoms with E-state index in [0.29, 0.717) is 19.7 Å². The highest BCUT2D eigenvalue weighted by Gasteiger charge is 2.38. The number of aromatic amines is 2. The van der Waals surface area contributed by atoms with Gasteiger partial charge in [-0.3, -0.25) is 9.69 Å². The van der Waals surface area contributed by atoms with Gasteiger partial charge in [0.15, 0.2) is 0 Å². The number of aromatic nitrogens is 4. The van der Waals surface area contributed by atoms with E-state index in [1.807, 2.05) is 51.8 Å². The molecular weight excluding hydrogens is 686 g/mol. The molecule has 2 aromatic heterocycles. The van der Waals surface area contributed by atoms with Gasteiger partial charge < -0.3 is 34.4 Å². The molecule has 3 amide bonds. The van der Waals surface area contributed by atoms with E-state index in [1.165, 1.54) is 7.11 Å². The number of nitrogens with zero attached hydrogens (tertiary/aromatic N) is 4. The fourth-order valence-corrected chi connectivity index (χ4v) is 8.12. The van der Waals surface area contributed by atoms with Crippen LogP contribution in [0.3, 0.4) is 0 Å². The lowest BCUT2D eigenvalue weighted by Crippen LogP contribution is -2.51. The van der Waals surface area contributed by atoms with Crippen molar-refractivity contribution in [2.75, 3.05) is 20.2 Å². The highest BCUT2D eigenvalue weighted by atomic mass is 16.6. The second kappa shape index (κ2) is 13.7. The maximum atomic E-state index is 13.7. The van der Waals surface area contributed by atoms with Crippen LogP contribution in [-0.2, 0) is 20.9 Å². The number of hydrogen-bond donors (Lipinski definition) is 3. The first-order valence-corrected chi connectivity index (χ1v) is 18.8. The van der Waals surface area contributed by atoms with Gasteiger partial charge in [-0.2, -0.15) is 0 Å². The highest BCUT2D eigenvalue weighted by molar-refractivity contribution is 6.09. The van der Waals surface area contributed by atoms with Gasteiger partial charge in [-0.1, -0.05) is 32.0 Å². The quantitative estimate of drug-likeness (QED) is 0.160. The molecule has 0 radical (unpaired) electrons. The summed E-state index contributed by atoms with van der Waals surface area (Å²) < 4.78 is 16.9. The molecule has 2 saturated heterocycles. The molecule has 3 aliphatic heterocycles. The van der Waals surface area contributed by atoms with Gasteiger partial charge in [0.25, 0.3) is 0 Å². The SMILES string of the molecule is COC(=O)NC(C(=O)N1CCCC1c1nc2c(ccc3c4c(ccc32)-c2ccc(-c3cnc([C@@H]5CCCN5C(=O)OC(C)(C)C)[nH]3)cc2CO4)[nH]1)C(C)C. The minimum absolute atomic E-state index is 0.112. The Balaban J connectivity index is 1.05. The lowest BCUT2D eigenvalue weighted by molar-refractivity contribution is -0.135. The van der Waals surface area contributed by atoms with Crippen LogP contribution in [0, 0.1) is 5.92 Å². The number of ether oxygens (including phenoxy) is 3. The van der Waals surface area contributed by atoms with Crippen LogP contribution in [0.2, 0.25) is 0 Å². The summed E-state index contributed by atoms with van der Waals surface area (Å²) in [5.41, 5.74) is 6.22. The third kappa shape index (κ3) is 6.39. The summed E-state index contributed by atoms with van der Waals surface area (Å²) in [5.74, 6) is 2.05. The molecule has 3 aromatic carbocycles. The van der Waals surface area contributed by atoms with Crippen molar-refractivity contribution < 1.29 is 28.6 Å². The van der Waals surface area contributed by atoms with Crippen LogP contribution in [0.25, 0.3) is 44.2 Å². The smallest absolute Gasteiger partial charge is 0.410 e. The molecule has 3 atom stereocenters. The normalized spacial score (nSPS) is 18.8. The minimum atomic E-state index is -0.698. The molecule has 5 aromatic rings. The summed E-state index contributed by atoms with van der Waals surface area (Å²) >= 11 is 0. The maximum absolute atomic E-state index is 13.7. The van der Waals surface area contributed by atoms with E-state index in [-0.39, 0.29) is 30.0 Å². The lowest BCUT2D eigenvalue weighted by Gasteiger charge is -2.29. The van der Waals surface area contributed by atoms with Gasteiger partial charge in [0.05, 0.1) is 42.1 Å². The van der Waals surface area contributed by atoms with E-state index in [4.69, 9.17) is 24.2 Å². The van der Waals surface area contributed by atoms with Gasteiger partial charge in [0.1, 0.15) is 35.6 Å². The number of amides is 3. The molecule has 8 rings (SSSR count). The van der Waals surface area contributed by atoms with Crippen LogP contribution < -0.4 is 10.1 Å². The van der Waals surface area contributed by atoms with Crippen LogP contribution >= 0.6 is 0 Å². The number of imidazole rings is 2. The van der Waals surface area contributed by atoms with Crippen molar-refractivity contribution in [3.8, 4) is 28.1 Å². The van der Waals surface area contributed by atoms with Crippen molar-refractivity contribution in [3.63, 3.8) is 0 Å². The van der Waals surface area contributed by atoms with Crippen molar-refractivity contribution in [3.05, 3.63) is 65.9 Å². The number of alkyl carbamates (subject to hydrolysis) is 1. The molecule has 282 valence electrons. The predicted octanol–water partition coefficient (Wildman–Crippen LogP) is 7.78. The van der Waals surface area contributed by atoms with E-state index >= 15 is 0 Å². The molecule has 5 heterocycles. The minimum Gasteiger partial charge on any atom is -0.488 e. The number of hydrogen-bond acceptors (Lipinski definition) is 8. The summed E-state index contributed by atoms with van der Waals surface area (Å²) in [4.78, 5) is 59.0. The Morgan fingerprint density at radius 2 is 1.65 bits per heavy atom. The van der Waals surface area contributed by atoms with Crippen LogP contribution in [0.1, 0.15) is 89.6 Å². The lowest BCUT2D eigenvalue weighted by atomic mass is 9.92. The largest absolute Gasteiger partial charge is 0.488 e. The van der Waals surface area contributed by atoms with Gasteiger partial charge in [0, 0.05) is 29.4 Å². The predicted molar refractivity (Wildman–Crippen MR) is 204 cm³/mol. The first-order chi connectivity index (χ1) is 25.9. The standard InChI is InChI=1S/C41H47N7O6/c1-22(2)33(46-39(50)52-6)38(49)47-17-7-10-32(47)37-43-29-16-15-28-26(34(29)45-37)13-14-27-25-12-11-23(19-24(25)21-53-35(27)28)30-20-42-36(44-30)31-9-8-18-48(31)40(51)54-41(3,4)5/h11-16,19-20,22,31-33H,7-10,17-18,21H2,1-6H3,(H,42,44)(H,43,45)(H,46,50)/t31-,32?,33?/m0/s1. The zero-order valence-electron chi connectivity index (χ0n) is 31.6. The fraction of sp³-hybridized carbons (Fsp3) is 0.439. The van der Waals surface area contributed by atoms with Crippen molar-refractivity contribution in [1.82, 2.24) is 35.1 Å². The maximum Gasteiger partial charge on any atom is 0.410 e. The zero-order valence-corrected chi connectivity index (χ0v) is 31.6. The van der Waals surface area contributed by atoms with Crippen molar-refractivity contribution in [1.29, 1.82) is 0 Å². The molecule has 2 unspecified atom stereocenters. The van der Waals surface area contributed by atoms with Gasteiger partial charge >= 0.3 is 12.2 Å². The zero-order chi connectivity index (χ0) is 37.9. The monoisotopic (exact) mass is 733 g/mol.